The summed E-state index contributed by atoms with van der Waals surface area (Å²) in [6.07, 6.45) is 0.536. The molecule has 2 atom stereocenters. The van der Waals surface area contributed by atoms with Gasteiger partial charge in [-0.25, -0.2) is 4.79 Å². The molecule has 1 fully saturated rings. The Labute approximate surface area is 70.1 Å². The van der Waals surface area contributed by atoms with Gasteiger partial charge >= 0.3 is 5.97 Å². The van der Waals surface area contributed by atoms with Gasteiger partial charge in [-0.3, -0.25) is 4.79 Å². The van der Waals surface area contributed by atoms with Gasteiger partial charge in [0.05, 0.1) is 6.04 Å². The predicted molar refractivity (Wildman–Crippen MR) is 41.4 cm³/mol. The Morgan fingerprint density at radius 2 is 2.25 bits per heavy atom. The number of hydrogen-bond acceptors (Lipinski definition) is 3. The van der Waals surface area contributed by atoms with E-state index in [2.05, 4.69) is 0 Å². The second kappa shape index (κ2) is 3.10. The molecule has 0 spiro atoms. The third-order valence-electron chi connectivity index (χ3n) is 1.98. The van der Waals surface area contributed by atoms with Gasteiger partial charge in [-0.1, -0.05) is 0 Å². The highest BCUT2D eigenvalue weighted by molar-refractivity contribution is 5.88. The minimum Gasteiger partial charge on any atom is -0.480 e. The van der Waals surface area contributed by atoms with Gasteiger partial charge in [0.25, 0.3) is 0 Å². The number of carboxylic acids is 1. The van der Waals surface area contributed by atoms with Crippen molar-refractivity contribution in [3.63, 3.8) is 0 Å². The summed E-state index contributed by atoms with van der Waals surface area (Å²) in [5, 5.41) is 8.60. The van der Waals surface area contributed by atoms with Crippen LogP contribution in [0.25, 0.3) is 0 Å². The van der Waals surface area contributed by atoms with Crippen LogP contribution in [0.15, 0.2) is 0 Å². The number of carboxylic acid groups (broad SMARTS) is 1. The Balaban J connectivity index is 2.55. The lowest BCUT2D eigenvalue weighted by Gasteiger charge is -2.38. The number of nitrogens with two attached hydrogens (primary N) is 1. The molecule has 5 nitrogen and oxygen atoms in total. The SMILES string of the molecule is CC(N)C(=O)N1CCC1C(=O)O. The van der Waals surface area contributed by atoms with Crippen LogP contribution in [0.2, 0.25) is 0 Å². The van der Waals surface area contributed by atoms with Crippen molar-refractivity contribution in [1.29, 1.82) is 0 Å². The van der Waals surface area contributed by atoms with E-state index >= 15 is 0 Å². The summed E-state index contributed by atoms with van der Waals surface area (Å²) in [6.45, 7) is 2.07. The lowest BCUT2D eigenvalue weighted by atomic mass is 10.0. The van der Waals surface area contributed by atoms with E-state index in [9.17, 15) is 9.59 Å². The molecule has 1 saturated heterocycles. The fourth-order valence-electron chi connectivity index (χ4n) is 1.17. The van der Waals surface area contributed by atoms with E-state index in [4.69, 9.17) is 10.8 Å². The lowest BCUT2D eigenvalue weighted by molar-refractivity contribution is -0.157. The molecule has 1 heterocycles. The van der Waals surface area contributed by atoms with Crippen LogP contribution >= 0.6 is 0 Å². The van der Waals surface area contributed by atoms with Gasteiger partial charge in [0.1, 0.15) is 6.04 Å². The Morgan fingerprint density at radius 1 is 1.67 bits per heavy atom. The van der Waals surface area contributed by atoms with Crippen LogP contribution < -0.4 is 5.73 Å². The fourth-order valence-corrected chi connectivity index (χ4v) is 1.17. The van der Waals surface area contributed by atoms with Crippen molar-refractivity contribution >= 4 is 11.9 Å². The average Bonchev–Trinajstić information content (AvgIpc) is 1.82. The van der Waals surface area contributed by atoms with Crippen molar-refractivity contribution in [2.24, 2.45) is 5.73 Å². The van der Waals surface area contributed by atoms with Gasteiger partial charge in [0, 0.05) is 6.54 Å². The molecule has 0 radical (unpaired) electrons. The van der Waals surface area contributed by atoms with Crippen LogP contribution in [0.4, 0.5) is 0 Å². The number of carbonyl (C=O) groups is 2. The summed E-state index contributed by atoms with van der Waals surface area (Å²) in [5.41, 5.74) is 5.32. The summed E-state index contributed by atoms with van der Waals surface area (Å²) >= 11 is 0. The topological polar surface area (TPSA) is 83.6 Å². The highest BCUT2D eigenvalue weighted by atomic mass is 16.4. The zero-order valence-corrected chi connectivity index (χ0v) is 6.86. The lowest BCUT2D eigenvalue weighted by Crippen LogP contribution is -2.58. The van der Waals surface area contributed by atoms with E-state index in [1.807, 2.05) is 0 Å². The molecule has 3 N–H and O–H groups in total. The molecule has 1 aliphatic rings. The predicted octanol–water partition coefficient (Wildman–Crippen LogP) is -0.981. The number of rotatable bonds is 2. The molecule has 68 valence electrons. The van der Waals surface area contributed by atoms with E-state index in [0.29, 0.717) is 13.0 Å². The third-order valence-corrected chi connectivity index (χ3v) is 1.98. The smallest absolute Gasteiger partial charge is 0.326 e. The number of hydrogen-bond donors (Lipinski definition) is 2. The van der Waals surface area contributed by atoms with Gasteiger partial charge in [-0.15, -0.1) is 0 Å². The summed E-state index contributed by atoms with van der Waals surface area (Å²) in [5.74, 6) is -1.23. The Bertz CT molecular complexity index is 215. The summed E-state index contributed by atoms with van der Waals surface area (Å²) in [6, 6.07) is -1.25. The molecule has 2 unspecified atom stereocenters. The molecule has 0 aromatic heterocycles. The van der Waals surface area contributed by atoms with Crippen LogP contribution in [0.1, 0.15) is 13.3 Å². The van der Waals surface area contributed by atoms with Crippen molar-refractivity contribution in [1.82, 2.24) is 4.90 Å². The van der Waals surface area contributed by atoms with Gasteiger partial charge in [-0.2, -0.15) is 0 Å². The molecule has 1 rings (SSSR count). The molecule has 1 aliphatic heterocycles. The number of aliphatic carboxylic acids is 1. The molecule has 5 heteroatoms. The van der Waals surface area contributed by atoms with Crippen molar-refractivity contribution in [2.45, 2.75) is 25.4 Å². The molecule has 0 bridgehead atoms. The highest BCUT2D eigenvalue weighted by Gasteiger charge is 2.38. The molecular formula is C7H12N2O3. The fraction of sp³-hybridized carbons (Fsp3) is 0.714. The first-order valence-electron chi connectivity index (χ1n) is 3.83. The highest BCUT2D eigenvalue weighted by Crippen LogP contribution is 2.17. The van der Waals surface area contributed by atoms with Crippen LogP contribution in [-0.4, -0.2) is 40.5 Å². The normalized spacial score (nSPS) is 24.5. The third kappa shape index (κ3) is 1.40. The van der Waals surface area contributed by atoms with Crippen molar-refractivity contribution < 1.29 is 14.7 Å². The molecular weight excluding hydrogens is 160 g/mol. The van der Waals surface area contributed by atoms with E-state index in [0.717, 1.165) is 0 Å². The Hall–Kier alpha value is -1.10. The number of carbonyl (C=O) groups excluding carboxylic acids is 1. The van der Waals surface area contributed by atoms with E-state index in [-0.39, 0.29) is 5.91 Å². The number of nitrogens with zero attached hydrogens (tertiary/aromatic N) is 1. The minimum atomic E-state index is -0.949. The minimum absolute atomic E-state index is 0.284. The maximum Gasteiger partial charge on any atom is 0.326 e. The molecule has 0 aromatic carbocycles. The van der Waals surface area contributed by atoms with E-state index in [1.54, 1.807) is 6.92 Å². The first-order chi connectivity index (χ1) is 5.54. The zero-order chi connectivity index (χ0) is 9.30. The second-order valence-electron chi connectivity index (χ2n) is 2.96. The largest absolute Gasteiger partial charge is 0.480 e. The quantitative estimate of drug-likeness (QED) is 0.560. The maximum absolute atomic E-state index is 11.2. The Morgan fingerprint density at radius 3 is 2.50 bits per heavy atom. The summed E-state index contributed by atoms with van der Waals surface area (Å²) in [4.78, 5) is 23.0. The van der Waals surface area contributed by atoms with Crippen LogP contribution in [0, 0.1) is 0 Å². The molecule has 0 aromatic rings. The van der Waals surface area contributed by atoms with E-state index in [1.165, 1.54) is 4.90 Å². The van der Waals surface area contributed by atoms with E-state index < -0.39 is 18.1 Å². The Kier molecular flexibility index (Phi) is 2.32. The number of likely N-dealkylation sites (tertiary alicyclic amines) is 1. The second-order valence-corrected chi connectivity index (χ2v) is 2.96. The first kappa shape index (κ1) is 8.99. The van der Waals surface area contributed by atoms with Gasteiger partial charge in [0.15, 0.2) is 0 Å². The summed E-state index contributed by atoms with van der Waals surface area (Å²) < 4.78 is 0. The molecule has 12 heavy (non-hydrogen) atoms. The van der Waals surface area contributed by atoms with Crippen molar-refractivity contribution in [2.75, 3.05) is 6.54 Å². The molecule has 0 saturated carbocycles. The van der Waals surface area contributed by atoms with Gasteiger partial charge < -0.3 is 15.7 Å². The molecule has 1 amide bonds. The average molecular weight is 172 g/mol. The van der Waals surface area contributed by atoms with Gasteiger partial charge in [0.2, 0.25) is 5.91 Å². The van der Waals surface area contributed by atoms with Crippen LogP contribution in [0.5, 0.6) is 0 Å². The van der Waals surface area contributed by atoms with Crippen molar-refractivity contribution in [3.8, 4) is 0 Å². The van der Waals surface area contributed by atoms with Gasteiger partial charge in [-0.05, 0) is 13.3 Å². The number of amides is 1. The first-order valence-corrected chi connectivity index (χ1v) is 3.83. The monoisotopic (exact) mass is 172 g/mol. The maximum atomic E-state index is 11.2. The van der Waals surface area contributed by atoms with Crippen LogP contribution in [-0.2, 0) is 9.59 Å². The van der Waals surface area contributed by atoms with Crippen LogP contribution in [0.3, 0.4) is 0 Å². The molecule has 0 aliphatic carbocycles. The van der Waals surface area contributed by atoms with Crippen molar-refractivity contribution in [3.05, 3.63) is 0 Å². The standard InChI is InChI=1S/C7H12N2O3/c1-4(8)6(10)9-3-2-5(9)7(11)12/h4-5H,2-3,8H2,1H3,(H,11,12). The summed E-state index contributed by atoms with van der Waals surface area (Å²) in [7, 11) is 0. The zero-order valence-electron chi connectivity index (χ0n) is 6.86.